The zero-order chi connectivity index (χ0) is 21.1. The number of anilines is 1. The molecule has 2 heterocycles. The molecule has 0 radical (unpaired) electrons. The second-order valence-corrected chi connectivity index (χ2v) is 6.37. The quantitative estimate of drug-likeness (QED) is 0.642. The monoisotopic (exact) mass is 404 g/mol. The first kappa shape index (κ1) is 20.3. The van der Waals surface area contributed by atoms with Crippen LogP contribution in [0, 0.1) is 11.6 Å². The Bertz CT molecular complexity index is 1130. The predicted octanol–water partition coefficient (Wildman–Crippen LogP) is 1.88. The number of benzene rings is 1. The molecule has 0 atom stereocenters. The van der Waals surface area contributed by atoms with Gasteiger partial charge < -0.3 is 14.7 Å². The summed E-state index contributed by atoms with van der Waals surface area (Å²) in [5.41, 5.74) is -0.516. The molecule has 0 amide bonds. The molecule has 29 heavy (non-hydrogen) atoms. The fourth-order valence-corrected chi connectivity index (χ4v) is 2.68. The van der Waals surface area contributed by atoms with Crippen LogP contribution in [-0.4, -0.2) is 45.6 Å². The summed E-state index contributed by atoms with van der Waals surface area (Å²) in [5.74, 6) is -2.40. The predicted molar refractivity (Wildman–Crippen MR) is 101 cm³/mol. The van der Waals surface area contributed by atoms with Gasteiger partial charge in [0.15, 0.2) is 17.3 Å². The molecule has 152 valence electrons. The van der Waals surface area contributed by atoms with E-state index in [0.717, 1.165) is 16.7 Å². The van der Waals surface area contributed by atoms with Crippen LogP contribution in [0.3, 0.4) is 0 Å². The Hall–Kier alpha value is -3.40. The summed E-state index contributed by atoms with van der Waals surface area (Å²) >= 11 is 0. The third-order valence-corrected chi connectivity index (χ3v) is 4.05. The van der Waals surface area contributed by atoms with Gasteiger partial charge in [-0.05, 0) is 25.1 Å². The normalized spacial score (nSPS) is 10.9. The number of hydrogen-bond acceptors (Lipinski definition) is 7. The highest BCUT2D eigenvalue weighted by Gasteiger charge is 2.17. The summed E-state index contributed by atoms with van der Waals surface area (Å²) < 4.78 is 33.5. The number of hydrogen-bond donors (Lipinski definition) is 1. The summed E-state index contributed by atoms with van der Waals surface area (Å²) in [6, 6.07) is 4.02. The number of Topliss-reactive ketones (excluding diaryl/α,β-unsaturated/α-hetero) is 1. The molecule has 0 fully saturated rings. The summed E-state index contributed by atoms with van der Waals surface area (Å²) in [5, 5.41) is 9.46. The minimum atomic E-state index is -0.972. The average molecular weight is 404 g/mol. The number of rotatable bonds is 7. The standard InChI is InChI=1S/C19H18F2N4O4/c1-11(27)10-25-17-12(9-22-19(23-17)24(2)5-6-26)7-16(18(25)28)29-15-4-3-13(20)8-14(15)21/h3-4,7-9,26H,5-6,10H2,1-2H3. The van der Waals surface area contributed by atoms with Crippen molar-refractivity contribution >= 4 is 22.8 Å². The van der Waals surface area contributed by atoms with E-state index in [4.69, 9.17) is 9.84 Å². The van der Waals surface area contributed by atoms with Gasteiger partial charge in [-0.25, -0.2) is 13.8 Å². The average Bonchev–Trinajstić information content (AvgIpc) is 2.66. The minimum Gasteiger partial charge on any atom is -0.448 e. The fraction of sp³-hybridized carbons (Fsp3) is 0.263. The van der Waals surface area contributed by atoms with Crippen LogP contribution in [0.5, 0.6) is 11.5 Å². The first-order valence-electron chi connectivity index (χ1n) is 8.65. The molecule has 0 unspecified atom stereocenters. The molecule has 10 heteroatoms. The molecule has 0 saturated heterocycles. The van der Waals surface area contributed by atoms with E-state index >= 15 is 0 Å². The molecule has 8 nitrogen and oxygen atoms in total. The highest BCUT2D eigenvalue weighted by atomic mass is 19.1. The zero-order valence-corrected chi connectivity index (χ0v) is 15.7. The van der Waals surface area contributed by atoms with E-state index in [1.807, 2.05) is 0 Å². The lowest BCUT2D eigenvalue weighted by Crippen LogP contribution is -2.27. The lowest BCUT2D eigenvalue weighted by molar-refractivity contribution is -0.117. The smallest absolute Gasteiger partial charge is 0.295 e. The number of nitrogens with zero attached hydrogens (tertiary/aromatic N) is 4. The largest absolute Gasteiger partial charge is 0.448 e. The molecule has 3 rings (SSSR count). The summed E-state index contributed by atoms with van der Waals surface area (Å²) in [6.45, 7) is 1.19. The number of pyridine rings is 1. The highest BCUT2D eigenvalue weighted by molar-refractivity contribution is 5.81. The molecule has 0 aliphatic rings. The van der Waals surface area contributed by atoms with Crippen LogP contribution in [0.1, 0.15) is 6.92 Å². The van der Waals surface area contributed by atoms with Crippen LogP contribution in [0.15, 0.2) is 35.3 Å². The van der Waals surface area contributed by atoms with Gasteiger partial charge in [-0.1, -0.05) is 0 Å². The number of ether oxygens (including phenoxy) is 1. The molecule has 2 aromatic heterocycles. The number of fused-ring (bicyclic) bond motifs is 1. The fourth-order valence-electron chi connectivity index (χ4n) is 2.68. The number of halogens is 2. The van der Waals surface area contributed by atoms with Crippen LogP contribution in [0.4, 0.5) is 14.7 Å². The second-order valence-electron chi connectivity index (χ2n) is 6.37. The van der Waals surface area contributed by atoms with Gasteiger partial charge >= 0.3 is 0 Å². The van der Waals surface area contributed by atoms with Gasteiger partial charge in [0.2, 0.25) is 5.95 Å². The van der Waals surface area contributed by atoms with Gasteiger partial charge in [0.05, 0.1) is 13.2 Å². The van der Waals surface area contributed by atoms with Crippen LogP contribution < -0.4 is 15.2 Å². The third kappa shape index (κ3) is 4.37. The van der Waals surface area contributed by atoms with Crippen molar-refractivity contribution in [2.75, 3.05) is 25.1 Å². The Balaban J connectivity index is 2.14. The van der Waals surface area contributed by atoms with Crippen molar-refractivity contribution in [3.05, 3.63) is 52.5 Å². The molecule has 0 spiro atoms. The van der Waals surface area contributed by atoms with Crippen LogP contribution >= 0.6 is 0 Å². The van der Waals surface area contributed by atoms with Crippen molar-refractivity contribution in [2.45, 2.75) is 13.5 Å². The van der Waals surface area contributed by atoms with E-state index in [1.165, 1.54) is 19.2 Å². The highest BCUT2D eigenvalue weighted by Crippen LogP contribution is 2.25. The molecule has 3 aromatic rings. The molecular weight excluding hydrogens is 386 g/mol. The van der Waals surface area contributed by atoms with Gasteiger partial charge in [-0.2, -0.15) is 4.98 Å². The minimum absolute atomic E-state index is 0.117. The summed E-state index contributed by atoms with van der Waals surface area (Å²) in [6.07, 6.45) is 1.43. The molecule has 0 saturated carbocycles. The third-order valence-electron chi connectivity index (χ3n) is 4.05. The van der Waals surface area contributed by atoms with Gasteiger partial charge in [0, 0.05) is 31.2 Å². The van der Waals surface area contributed by atoms with Gasteiger partial charge in [-0.3, -0.25) is 14.2 Å². The van der Waals surface area contributed by atoms with Crippen molar-refractivity contribution in [1.29, 1.82) is 0 Å². The topological polar surface area (TPSA) is 97.5 Å². The summed E-state index contributed by atoms with van der Waals surface area (Å²) in [7, 11) is 1.67. The molecule has 1 N–H and O–H groups in total. The maximum Gasteiger partial charge on any atom is 0.295 e. The van der Waals surface area contributed by atoms with Crippen LogP contribution in [0.2, 0.25) is 0 Å². The van der Waals surface area contributed by atoms with E-state index in [0.29, 0.717) is 11.5 Å². The number of likely N-dealkylation sites (N-methyl/N-ethyl adjacent to an activating group) is 1. The van der Waals surface area contributed by atoms with E-state index in [-0.39, 0.29) is 48.6 Å². The van der Waals surface area contributed by atoms with E-state index in [1.54, 1.807) is 11.9 Å². The van der Waals surface area contributed by atoms with Gasteiger partial charge in [-0.15, -0.1) is 0 Å². The van der Waals surface area contributed by atoms with Gasteiger partial charge in [0.25, 0.3) is 5.56 Å². The first-order chi connectivity index (χ1) is 13.8. The maximum absolute atomic E-state index is 13.9. The lowest BCUT2D eigenvalue weighted by Gasteiger charge is -2.17. The Kier molecular flexibility index (Phi) is 5.83. The van der Waals surface area contributed by atoms with Crippen molar-refractivity contribution in [1.82, 2.24) is 14.5 Å². The van der Waals surface area contributed by atoms with Crippen LogP contribution in [-0.2, 0) is 11.3 Å². The van der Waals surface area contributed by atoms with Crippen LogP contribution in [0.25, 0.3) is 11.0 Å². The van der Waals surface area contributed by atoms with E-state index in [9.17, 15) is 18.4 Å². The molecule has 0 aliphatic heterocycles. The number of ketones is 1. The van der Waals surface area contributed by atoms with E-state index < -0.39 is 17.2 Å². The second kappa shape index (κ2) is 8.31. The number of aliphatic hydroxyl groups excluding tert-OH is 1. The Morgan fingerprint density at radius 1 is 1.28 bits per heavy atom. The van der Waals surface area contributed by atoms with Crippen molar-refractivity contribution in [3.8, 4) is 11.5 Å². The van der Waals surface area contributed by atoms with E-state index in [2.05, 4.69) is 9.97 Å². The number of aromatic nitrogens is 3. The Labute approximate surface area is 164 Å². The Morgan fingerprint density at radius 3 is 2.69 bits per heavy atom. The molecule has 0 bridgehead atoms. The van der Waals surface area contributed by atoms with Crippen molar-refractivity contribution in [3.63, 3.8) is 0 Å². The van der Waals surface area contributed by atoms with Gasteiger partial charge in [0.1, 0.15) is 17.2 Å². The molecule has 0 aliphatic carbocycles. The van der Waals surface area contributed by atoms with Crippen molar-refractivity contribution in [2.24, 2.45) is 0 Å². The zero-order valence-electron chi connectivity index (χ0n) is 15.7. The summed E-state index contributed by atoms with van der Waals surface area (Å²) in [4.78, 5) is 34.7. The maximum atomic E-state index is 13.9. The SMILES string of the molecule is CC(=O)Cn1c(=O)c(Oc2ccc(F)cc2F)cc2cnc(N(C)CCO)nc21. The molecular formula is C19H18F2N4O4. The number of carbonyl (C=O) groups excluding carboxylic acids is 1. The number of aliphatic hydroxyl groups is 1. The molecule has 1 aromatic carbocycles. The first-order valence-corrected chi connectivity index (χ1v) is 8.65. The van der Waals surface area contributed by atoms with Crippen molar-refractivity contribution < 1.29 is 23.4 Å². The Morgan fingerprint density at radius 2 is 2.03 bits per heavy atom. The number of carbonyl (C=O) groups is 1. The lowest BCUT2D eigenvalue weighted by atomic mass is 10.3.